The van der Waals surface area contributed by atoms with E-state index in [0.29, 0.717) is 6.42 Å². The van der Waals surface area contributed by atoms with E-state index in [1.165, 1.54) is 62.5 Å². The lowest BCUT2D eigenvalue weighted by molar-refractivity contribution is -0.146. The number of carbonyl (C=O) groups excluding carboxylic acids is 3. The van der Waals surface area contributed by atoms with Gasteiger partial charge in [0.2, 0.25) is 5.91 Å². The van der Waals surface area contributed by atoms with Crippen LogP contribution in [-0.4, -0.2) is 80.8 Å². The molecule has 2 atom stereocenters. The lowest BCUT2D eigenvalue weighted by Gasteiger charge is -2.21. The first kappa shape index (κ1) is 39.4. The number of rotatable bonds is 25. The van der Waals surface area contributed by atoms with Crippen LogP contribution in [0.2, 0.25) is 0 Å². The number of methoxy groups -OCH3 is 1. The summed E-state index contributed by atoms with van der Waals surface area (Å²) in [4.78, 5) is 35.9. The molecule has 0 aliphatic rings. The summed E-state index contributed by atoms with van der Waals surface area (Å²) >= 11 is 0.868. The number of unbranched alkanes of at least 4 members (excludes halogenated alkanes) is 12. The van der Waals surface area contributed by atoms with E-state index >= 15 is 0 Å². The highest BCUT2D eigenvalue weighted by atomic mass is 32.2. The number of esters is 2. The quantitative estimate of drug-likeness (QED) is 0.0991. The molecule has 0 saturated heterocycles. The molecule has 3 N–H and O–H groups in total. The smallest absolute Gasteiger partial charge is 0.467 e. The molecular weight excluding hydrogens is 589 g/mol. The first-order valence-corrected chi connectivity index (χ1v) is 16.8. The van der Waals surface area contributed by atoms with Gasteiger partial charge < -0.3 is 19.9 Å². The van der Waals surface area contributed by atoms with Gasteiger partial charge in [-0.1, -0.05) is 84.0 Å². The third-order valence-corrected chi connectivity index (χ3v) is 8.39. The zero-order valence-electron chi connectivity index (χ0n) is 24.1. The van der Waals surface area contributed by atoms with Crippen LogP contribution in [0.5, 0.6) is 0 Å². The number of sulfonamides is 1. The highest BCUT2D eigenvalue weighted by molar-refractivity contribution is 7.99. The van der Waals surface area contributed by atoms with Crippen LogP contribution >= 0.6 is 11.8 Å². The third kappa shape index (κ3) is 19.3. The largest absolute Gasteiger partial charge is 0.511 e. The van der Waals surface area contributed by atoms with E-state index in [0.717, 1.165) is 38.1 Å². The average molecular weight is 637 g/mol. The Morgan fingerprint density at radius 1 is 0.878 bits per heavy atom. The molecule has 0 rings (SSSR count). The Kier molecular flexibility index (Phi) is 22.1. The van der Waals surface area contributed by atoms with E-state index in [-0.39, 0.29) is 18.8 Å². The van der Waals surface area contributed by atoms with Crippen molar-refractivity contribution in [2.24, 2.45) is 0 Å². The molecule has 0 bridgehead atoms. The molecule has 0 aromatic heterocycles. The standard InChI is InChI=1S/C26H47F3N2O8S2/c1-3-4-5-6-7-8-9-10-11-12-13-14-15-16-23(33)39-17-18-40-20-22(31-41(36,37)26(27,28)29)24(34)30-21(19-32)25(35)38-2/h21-22,31-32H,3-20H2,1-2H3,(H,30,34)/t21-,22+/m0/s1. The van der Waals surface area contributed by atoms with Crippen LogP contribution in [0.3, 0.4) is 0 Å². The van der Waals surface area contributed by atoms with Crippen molar-refractivity contribution in [3.8, 4) is 0 Å². The van der Waals surface area contributed by atoms with Crippen molar-refractivity contribution in [3.63, 3.8) is 0 Å². The number of thioether (sulfide) groups is 1. The maximum absolute atomic E-state index is 12.8. The lowest BCUT2D eigenvalue weighted by atomic mass is 10.0. The molecule has 1 amide bonds. The minimum absolute atomic E-state index is 0.0796. The van der Waals surface area contributed by atoms with Crippen molar-refractivity contribution in [2.75, 3.05) is 31.8 Å². The van der Waals surface area contributed by atoms with Crippen LogP contribution in [0.1, 0.15) is 96.8 Å². The van der Waals surface area contributed by atoms with E-state index in [1.54, 1.807) is 0 Å². The summed E-state index contributed by atoms with van der Waals surface area (Å²) < 4.78 is 72.2. The van der Waals surface area contributed by atoms with Crippen LogP contribution in [0.25, 0.3) is 0 Å². The summed E-state index contributed by atoms with van der Waals surface area (Å²) in [6.07, 6.45) is 15.6. The van der Waals surface area contributed by atoms with Crippen LogP contribution in [-0.2, 0) is 33.9 Å². The fraction of sp³-hybridized carbons (Fsp3) is 0.885. The van der Waals surface area contributed by atoms with Crippen LogP contribution in [0.4, 0.5) is 13.2 Å². The van der Waals surface area contributed by atoms with Crippen LogP contribution < -0.4 is 10.0 Å². The number of nitrogens with one attached hydrogen (secondary N) is 2. The third-order valence-electron chi connectivity index (χ3n) is 6.16. The molecule has 0 aliphatic heterocycles. The van der Waals surface area contributed by atoms with Crippen molar-refractivity contribution >= 4 is 39.6 Å². The van der Waals surface area contributed by atoms with Crippen LogP contribution in [0.15, 0.2) is 0 Å². The number of hydrogen-bond acceptors (Lipinski definition) is 9. The van der Waals surface area contributed by atoms with Crippen LogP contribution in [0, 0.1) is 0 Å². The van der Waals surface area contributed by atoms with Gasteiger partial charge in [-0.3, -0.25) is 9.59 Å². The van der Waals surface area contributed by atoms with Gasteiger partial charge in [-0.2, -0.15) is 29.7 Å². The van der Waals surface area contributed by atoms with Gasteiger partial charge in [-0.15, -0.1) is 0 Å². The average Bonchev–Trinajstić information content (AvgIpc) is 2.92. The van der Waals surface area contributed by atoms with E-state index < -0.39 is 57.8 Å². The Hall–Kier alpha value is -1.58. The fourth-order valence-electron chi connectivity index (χ4n) is 3.79. The summed E-state index contributed by atoms with van der Waals surface area (Å²) in [6.45, 7) is 1.22. The number of halogens is 3. The van der Waals surface area contributed by atoms with Crippen molar-refractivity contribution in [1.82, 2.24) is 10.0 Å². The summed E-state index contributed by atoms with van der Waals surface area (Å²) in [5.41, 5.74) is -5.67. The Morgan fingerprint density at radius 2 is 1.39 bits per heavy atom. The van der Waals surface area contributed by atoms with Gasteiger partial charge in [-0.25, -0.2) is 13.2 Å². The Bertz CT molecular complexity index is 845. The zero-order chi connectivity index (χ0) is 31.2. The van der Waals surface area contributed by atoms with E-state index in [4.69, 9.17) is 4.74 Å². The Labute approximate surface area is 246 Å². The highest BCUT2D eigenvalue weighted by Gasteiger charge is 2.47. The van der Waals surface area contributed by atoms with Gasteiger partial charge in [0.15, 0.2) is 6.04 Å². The van der Waals surface area contributed by atoms with Crippen molar-refractivity contribution in [2.45, 2.75) is 114 Å². The lowest BCUT2D eigenvalue weighted by Crippen LogP contribution is -2.55. The summed E-state index contributed by atoms with van der Waals surface area (Å²) in [5.74, 6) is -3.13. The van der Waals surface area contributed by atoms with Gasteiger partial charge in [0.1, 0.15) is 12.6 Å². The molecule has 242 valence electrons. The predicted molar refractivity (Wildman–Crippen MR) is 152 cm³/mol. The van der Waals surface area contributed by atoms with Gasteiger partial charge in [-0.05, 0) is 6.42 Å². The van der Waals surface area contributed by atoms with Crippen molar-refractivity contribution < 1.29 is 50.6 Å². The minimum Gasteiger partial charge on any atom is -0.467 e. The van der Waals surface area contributed by atoms with Gasteiger partial charge in [0, 0.05) is 17.9 Å². The SMILES string of the molecule is CCCCCCCCCCCCCCCC(=O)OCCSC[C@@H](NS(=O)(=O)C(F)(F)F)C(=O)N[C@@H](CO)C(=O)OC. The molecule has 0 spiro atoms. The minimum atomic E-state index is -5.88. The van der Waals surface area contributed by atoms with Gasteiger partial charge >= 0.3 is 27.5 Å². The number of alkyl halides is 3. The van der Waals surface area contributed by atoms with Crippen molar-refractivity contribution in [1.29, 1.82) is 0 Å². The highest BCUT2D eigenvalue weighted by Crippen LogP contribution is 2.22. The summed E-state index contributed by atoms with van der Waals surface area (Å²) in [6, 6.07) is -3.52. The zero-order valence-corrected chi connectivity index (χ0v) is 25.8. The molecule has 0 radical (unpaired) electrons. The fourth-order valence-corrected chi connectivity index (χ4v) is 5.43. The number of carbonyl (C=O) groups is 3. The predicted octanol–water partition coefficient (Wildman–Crippen LogP) is 4.20. The van der Waals surface area contributed by atoms with E-state index in [1.807, 2.05) is 5.32 Å². The second-order valence-corrected chi connectivity index (χ2v) is 12.5. The second kappa shape index (κ2) is 22.9. The molecule has 41 heavy (non-hydrogen) atoms. The molecule has 0 saturated carbocycles. The molecule has 0 aromatic carbocycles. The molecule has 0 heterocycles. The Morgan fingerprint density at radius 3 is 1.85 bits per heavy atom. The van der Waals surface area contributed by atoms with Crippen molar-refractivity contribution in [3.05, 3.63) is 0 Å². The maximum atomic E-state index is 12.8. The van der Waals surface area contributed by atoms with E-state index in [2.05, 4.69) is 11.7 Å². The number of amides is 1. The topological polar surface area (TPSA) is 148 Å². The first-order chi connectivity index (χ1) is 19.4. The number of ether oxygens (including phenoxy) is 2. The molecule has 0 aromatic rings. The summed E-state index contributed by atoms with van der Waals surface area (Å²) in [5, 5.41) is 11.2. The first-order valence-electron chi connectivity index (χ1n) is 14.2. The Balaban J connectivity index is 4.27. The molecule has 0 unspecified atom stereocenters. The molecule has 0 aliphatic carbocycles. The number of hydrogen-bond donors (Lipinski definition) is 3. The molecule has 15 heteroatoms. The second-order valence-electron chi connectivity index (χ2n) is 9.67. The van der Waals surface area contributed by atoms with Gasteiger partial charge in [0.05, 0.1) is 13.7 Å². The summed E-state index contributed by atoms with van der Waals surface area (Å²) in [7, 11) is -4.91. The number of aliphatic hydroxyl groups excluding tert-OH is 1. The number of aliphatic hydroxyl groups is 1. The monoisotopic (exact) mass is 636 g/mol. The maximum Gasteiger partial charge on any atom is 0.511 e. The molecule has 10 nitrogen and oxygen atoms in total. The van der Waals surface area contributed by atoms with E-state index in [9.17, 15) is 41.1 Å². The molecular formula is C26H47F3N2O8S2. The molecule has 0 fully saturated rings. The van der Waals surface area contributed by atoms with Gasteiger partial charge in [0.25, 0.3) is 0 Å². The normalized spacial score (nSPS) is 13.4.